The molecule has 0 saturated heterocycles. The van der Waals surface area contributed by atoms with Gasteiger partial charge in [-0.1, -0.05) is 22.9 Å². The molecule has 0 atom stereocenters. The lowest BCUT2D eigenvalue weighted by molar-refractivity contribution is 0.171. The van der Waals surface area contributed by atoms with E-state index in [9.17, 15) is 4.79 Å². The lowest BCUT2D eigenvalue weighted by Crippen LogP contribution is -2.38. The molecule has 32 heavy (non-hydrogen) atoms. The summed E-state index contributed by atoms with van der Waals surface area (Å²) in [7, 11) is 0. The molecule has 0 radical (unpaired) electrons. The molecule has 1 N–H and O–H groups in total. The van der Waals surface area contributed by atoms with E-state index < -0.39 is 0 Å². The minimum absolute atomic E-state index is 0.145. The topological polar surface area (TPSA) is 81.0 Å². The number of fused-ring (bicyclic) bond motifs is 4. The number of ether oxygens (including phenoxy) is 2. The van der Waals surface area contributed by atoms with Crippen LogP contribution in [-0.4, -0.2) is 45.3 Å². The molecule has 2 aromatic heterocycles. The van der Waals surface area contributed by atoms with Crippen molar-refractivity contribution in [2.24, 2.45) is 0 Å². The number of benzene rings is 2. The predicted octanol–water partition coefficient (Wildman–Crippen LogP) is 4.47. The molecule has 6 rings (SSSR count). The minimum atomic E-state index is -0.145. The van der Waals surface area contributed by atoms with Gasteiger partial charge in [-0.2, -0.15) is 4.98 Å². The number of halogens is 1. The number of thiazole rings is 1. The Bertz CT molecular complexity index is 1330. The highest BCUT2D eigenvalue weighted by Gasteiger charge is 2.26. The van der Waals surface area contributed by atoms with Crippen molar-refractivity contribution in [3.8, 4) is 22.9 Å². The molecule has 0 bridgehead atoms. The van der Waals surface area contributed by atoms with Crippen LogP contribution in [0.3, 0.4) is 0 Å². The number of urea groups is 1. The van der Waals surface area contributed by atoms with Crippen LogP contribution in [0, 0.1) is 0 Å². The SMILES string of the molecule is O=C(Nc1ccc2c(c1)OCCO2)N1CCc2c(sc3nc(-c4ccc(Cl)cc4)nn23)C1. The van der Waals surface area contributed by atoms with Gasteiger partial charge < -0.3 is 19.7 Å². The van der Waals surface area contributed by atoms with E-state index in [0.29, 0.717) is 60.8 Å². The lowest BCUT2D eigenvalue weighted by atomic mass is 10.2. The summed E-state index contributed by atoms with van der Waals surface area (Å²) in [4.78, 5) is 21.3. The fourth-order valence-electron chi connectivity index (χ4n) is 3.91. The van der Waals surface area contributed by atoms with E-state index in [2.05, 4.69) is 10.3 Å². The standard InChI is InChI=1S/C22H18ClN5O3S/c23-14-3-1-13(2-4-14)20-25-22-28(26-20)16-7-8-27(12-19(16)32-22)21(29)24-15-5-6-17-18(11-15)31-10-9-30-17/h1-6,11H,7-10,12H2,(H,24,29). The molecule has 0 saturated carbocycles. The van der Waals surface area contributed by atoms with Gasteiger partial charge in [-0.15, -0.1) is 5.10 Å². The van der Waals surface area contributed by atoms with E-state index in [0.717, 1.165) is 21.1 Å². The van der Waals surface area contributed by atoms with Crippen molar-refractivity contribution < 1.29 is 14.3 Å². The monoisotopic (exact) mass is 467 g/mol. The molecule has 2 amide bonds. The molecule has 8 nitrogen and oxygen atoms in total. The van der Waals surface area contributed by atoms with Gasteiger partial charge in [-0.25, -0.2) is 9.31 Å². The molecular weight excluding hydrogens is 450 g/mol. The van der Waals surface area contributed by atoms with Crippen LogP contribution in [0.25, 0.3) is 16.3 Å². The van der Waals surface area contributed by atoms with Gasteiger partial charge >= 0.3 is 6.03 Å². The molecule has 0 spiro atoms. The van der Waals surface area contributed by atoms with E-state index in [1.54, 1.807) is 22.3 Å². The van der Waals surface area contributed by atoms with Crippen LogP contribution in [0.4, 0.5) is 10.5 Å². The van der Waals surface area contributed by atoms with Gasteiger partial charge in [0.05, 0.1) is 12.2 Å². The zero-order valence-electron chi connectivity index (χ0n) is 16.9. The lowest BCUT2D eigenvalue weighted by Gasteiger charge is -2.27. The van der Waals surface area contributed by atoms with Crippen LogP contribution in [0.15, 0.2) is 42.5 Å². The first-order valence-electron chi connectivity index (χ1n) is 10.2. The fraction of sp³-hybridized carbons (Fsp3) is 0.227. The summed E-state index contributed by atoms with van der Waals surface area (Å²) in [5.41, 5.74) is 2.72. The predicted molar refractivity (Wildman–Crippen MR) is 122 cm³/mol. The average molecular weight is 468 g/mol. The zero-order chi connectivity index (χ0) is 21.7. The number of hydrogen-bond acceptors (Lipinski definition) is 6. The summed E-state index contributed by atoms with van der Waals surface area (Å²) >= 11 is 7.55. The second-order valence-corrected chi connectivity index (χ2v) is 9.07. The van der Waals surface area contributed by atoms with Gasteiger partial charge in [0.15, 0.2) is 17.3 Å². The van der Waals surface area contributed by atoms with E-state index in [-0.39, 0.29) is 6.03 Å². The summed E-state index contributed by atoms with van der Waals surface area (Å²) in [5.74, 6) is 2.02. The third-order valence-corrected chi connectivity index (χ3v) is 6.82. The fourth-order valence-corrected chi connectivity index (χ4v) is 5.15. The van der Waals surface area contributed by atoms with Gasteiger partial charge in [0.1, 0.15) is 13.2 Å². The third-order valence-electron chi connectivity index (χ3n) is 5.51. The molecule has 0 aliphatic carbocycles. The Morgan fingerprint density at radius 3 is 2.75 bits per heavy atom. The highest BCUT2D eigenvalue weighted by atomic mass is 35.5. The number of anilines is 1. The van der Waals surface area contributed by atoms with Gasteiger partial charge in [-0.3, -0.25) is 0 Å². The molecule has 162 valence electrons. The Morgan fingerprint density at radius 1 is 1.09 bits per heavy atom. The number of rotatable bonds is 2. The molecular formula is C22H18ClN5O3S. The van der Waals surface area contributed by atoms with Crippen LogP contribution in [0.5, 0.6) is 11.5 Å². The average Bonchev–Trinajstić information content (AvgIpc) is 3.37. The van der Waals surface area contributed by atoms with Crippen LogP contribution < -0.4 is 14.8 Å². The smallest absolute Gasteiger partial charge is 0.322 e. The first-order chi connectivity index (χ1) is 15.6. The van der Waals surface area contributed by atoms with E-state index in [4.69, 9.17) is 26.2 Å². The Hall–Kier alpha value is -3.30. The van der Waals surface area contributed by atoms with Crippen LogP contribution in [0.1, 0.15) is 10.6 Å². The van der Waals surface area contributed by atoms with Crippen molar-refractivity contribution in [3.63, 3.8) is 0 Å². The number of carbonyl (C=O) groups is 1. The normalized spacial score (nSPS) is 15.0. The Balaban J connectivity index is 1.19. The second kappa shape index (κ2) is 7.68. The van der Waals surface area contributed by atoms with Crippen molar-refractivity contribution in [1.82, 2.24) is 19.5 Å². The molecule has 2 aliphatic heterocycles. The maximum Gasteiger partial charge on any atom is 0.322 e. The van der Waals surface area contributed by atoms with Crippen molar-refractivity contribution >= 4 is 39.6 Å². The summed E-state index contributed by atoms with van der Waals surface area (Å²) in [6.45, 7) is 2.17. The molecule has 10 heteroatoms. The van der Waals surface area contributed by atoms with E-state index in [1.165, 1.54) is 0 Å². The highest BCUT2D eigenvalue weighted by molar-refractivity contribution is 7.17. The molecule has 4 aromatic rings. The van der Waals surface area contributed by atoms with Crippen molar-refractivity contribution in [3.05, 3.63) is 58.1 Å². The summed E-state index contributed by atoms with van der Waals surface area (Å²) < 4.78 is 13.0. The van der Waals surface area contributed by atoms with Gasteiger partial charge in [-0.05, 0) is 36.4 Å². The number of hydrogen-bond donors (Lipinski definition) is 1. The quantitative estimate of drug-likeness (QED) is 0.470. The van der Waals surface area contributed by atoms with Crippen molar-refractivity contribution in [2.45, 2.75) is 13.0 Å². The molecule has 4 heterocycles. The number of carbonyl (C=O) groups excluding carboxylic acids is 1. The van der Waals surface area contributed by atoms with Crippen LogP contribution in [0.2, 0.25) is 5.02 Å². The third kappa shape index (κ3) is 3.43. The first kappa shape index (κ1) is 19.4. The Labute approximate surface area is 192 Å². The number of nitrogens with one attached hydrogen (secondary N) is 1. The van der Waals surface area contributed by atoms with Crippen LogP contribution in [-0.2, 0) is 13.0 Å². The van der Waals surface area contributed by atoms with Gasteiger partial charge in [0, 0.05) is 40.2 Å². The highest BCUT2D eigenvalue weighted by Crippen LogP contribution is 2.33. The Morgan fingerprint density at radius 2 is 1.91 bits per heavy atom. The maximum absolute atomic E-state index is 12.9. The second-order valence-electron chi connectivity index (χ2n) is 7.57. The van der Waals surface area contributed by atoms with Gasteiger partial charge in [0.2, 0.25) is 4.96 Å². The summed E-state index contributed by atoms with van der Waals surface area (Å²) in [6.07, 6.45) is 0.716. The maximum atomic E-state index is 12.9. The largest absolute Gasteiger partial charge is 0.486 e. The Kier molecular flexibility index (Phi) is 4.65. The first-order valence-corrected chi connectivity index (χ1v) is 11.4. The van der Waals surface area contributed by atoms with Crippen molar-refractivity contribution in [2.75, 3.05) is 25.1 Å². The summed E-state index contributed by atoms with van der Waals surface area (Å²) in [5, 5.41) is 8.34. The zero-order valence-corrected chi connectivity index (χ0v) is 18.4. The number of nitrogens with zero attached hydrogens (tertiary/aromatic N) is 4. The van der Waals surface area contributed by atoms with Crippen molar-refractivity contribution in [1.29, 1.82) is 0 Å². The molecule has 0 unspecified atom stereocenters. The minimum Gasteiger partial charge on any atom is -0.486 e. The van der Waals surface area contributed by atoms with Crippen LogP contribution >= 0.6 is 22.9 Å². The molecule has 2 aromatic carbocycles. The molecule has 0 fully saturated rings. The van der Waals surface area contributed by atoms with E-state index >= 15 is 0 Å². The van der Waals surface area contributed by atoms with Gasteiger partial charge in [0.25, 0.3) is 0 Å². The summed E-state index contributed by atoms with van der Waals surface area (Å²) in [6, 6.07) is 12.8. The molecule has 2 aliphatic rings. The van der Waals surface area contributed by atoms with E-state index in [1.807, 2.05) is 40.9 Å². The number of amides is 2. The number of aromatic nitrogens is 3.